The van der Waals surface area contributed by atoms with E-state index < -0.39 is 15.9 Å². The molecular weight excluding hydrogens is 314 g/mol. The molecule has 0 radical (unpaired) electrons. The van der Waals surface area contributed by atoms with Gasteiger partial charge in [-0.3, -0.25) is 4.79 Å². The van der Waals surface area contributed by atoms with E-state index in [0.29, 0.717) is 12.2 Å². The van der Waals surface area contributed by atoms with E-state index in [-0.39, 0.29) is 23.5 Å². The first-order valence-electron chi connectivity index (χ1n) is 7.59. The molecule has 23 heavy (non-hydrogen) atoms. The highest BCUT2D eigenvalue weighted by molar-refractivity contribution is 7.91. The van der Waals surface area contributed by atoms with Crippen molar-refractivity contribution < 1.29 is 17.9 Å². The number of rotatable bonds is 4. The number of carbonyl (C=O) groups excluding carboxylic acids is 1. The van der Waals surface area contributed by atoms with Crippen LogP contribution in [0, 0.1) is 0 Å². The Labute approximate surface area is 135 Å². The molecule has 0 aliphatic carbocycles. The lowest BCUT2D eigenvalue weighted by molar-refractivity contribution is -0.127. The van der Waals surface area contributed by atoms with E-state index in [4.69, 9.17) is 4.74 Å². The number of hydrogen-bond acceptors (Lipinski definition) is 4. The first kappa shape index (κ1) is 15.8. The van der Waals surface area contributed by atoms with E-state index in [2.05, 4.69) is 5.32 Å². The number of ether oxygens (including phenoxy) is 1. The molecule has 1 aliphatic rings. The van der Waals surface area contributed by atoms with Gasteiger partial charge in [-0.15, -0.1) is 0 Å². The molecule has 6 heteroatoms. The fourth-order valence-electron chi connectivity index (χ4n) is 2.73. The van der Waals surface area contributed by atoms with Gasteiger partial charge in [0.05, 0.1) is 11.5 Å². The molecule has 1 saturated heterocycles. The van der Waals surface area contributed by atoms with Gasteiger partial charge in [0.1, 0.15) is 5.75 Å². The van der Waals surface area contributed by atoms with Gasteiger partial charge in [-0.1, -0.05) is 30.3 Å². The van der Waals surface area contributed by atoms with Gasteiger partial charge in [0.2, 0.25) is 0 Å². The molecular formula is C17H19NO4S. The zero-order chi connectivity index (χ0) is 16.4. The lowest BCUT2D eigenvalue weighted by atomic mass is 10.1. The summed E-state index contributed by atoms with van der Waals surface area (Å²) in [4.78, 5) is 12.1. The Balaban J connectivity index is 1.63. The molecule has 2 aromatic rings. The van der Waals surface area contributed by atoms with Gasteiger partial charge in [-0.25, -0.2) is 8.42 Å². The van der Waals surface area contributed by atoms with E-state index in [0.717, 1.165) is 10.8 Å². The molecule has 0 bridgehead atoms. The highest BCUT2D eigenvalue weighted by Gasteiger charge is 2.30. The largest absolute Gasteiger partial charge is 0.481 e. The number of benzene rings is 2. The first-order chi connectivity index (χ1) is 10.9. The topological polar surface area (TPSA) is 72.5 Å². The monoisotopic (exact) mass is 333 g/mol. The molecule has 0 saturated carbocycles. The number of carbonyl (C=O) groups is 1. The van der Waals surface area contributed by atoms with E-state index >= 15 is 0 Å². The molecule has 2 atom stereocenters. The first-order valence-corrected chi connectivity index (χ1v) is 9.41. The quantitative estimate of drug-likeness (QED) is 0.928. The van der Waals surface area contributed by atoms with E-state index in [9.17, 15) is 13.2 Å². The molecule has 1 amide bonds. The summed E-state index contributed by atoms with van der Waals surface area (Å²) in [6, 6.07) is 13.3. The van der Waals surface area contributed by atoms with Crippen LogP contribution in [-0.2, 0) is 14.6 Å². The van der Waals surface area contributed by atoms with Crippen LogP contribution in [0.4, 0.5) is 0 Å². The summed E-state index contributed by atoms with van der Waals surface area (Å²) in [5.41, 5.74) is 0. The summed E-state index contributed by atoms with van der Waals surface area (Å²) in [6.07, 6.45) is -0.212. The Morgan fingerprint density at radius 3 is 2.65 bits per heavy atom. The van der Waals surface area contributed by atoms with Crippen molar-refractivity contribution in [3.8, 4) is 5.75 Å². The average molecular weight is 333 g/mol. The molecule has 1 N–H and O–H groups in total. The standard InChI is InChI=1S/C17H19NO4S/c1-12(17(19)18-15-8-9-23(20,21)11-15)22-16-7-6-13-4-2-3-5-14(13)10-16/h2-7,10,12,15H,8-9,11H2,1H3,(H,18,19)/t12-,15-/m1/s1. The van der Waals surface area contributed by atoms with Crippen LogP contribution in [0.25, 0.3) is 10.8 Å². The van der Waals surface area contributed by atoms with E-state index in [1.54, 1.807) is 6.92 Å². The maximum absolute atomic E-state index is 12.1. The smallest absolute Gasteiger partial charge is 0.261 e. The summed E-state index contributed by atoms with van der Waals surface area (Å²) in [6.45, 7) is 1.66. The molecule has 0 unspecified atom stereocenters. The second kappa shape index (κ2) is 6.20. The van der Waals surface area contributed by atoms with Gasteiger partial charge in [-0.2, -0.15) is 0 Å². The van der Waals surface area contributed by atoms with Gasteiger partial charge < -0.3 is 10.1 Å². The summed E-state index contributed by atoms with van der Waals surface area (Å²) < 4.78 is 28.5. The number of fused-ring (bicyclic) bond motifs is 1. The Bertz CT molecular complexity index is 831. The molecule has 2 aromatic carbocycles. The minimum absolute atomic E-state index is 0.0153. The molecule has 5 nitrogen and oxygen atoms in total. The van der Waals surface area contributed by atoms with Gasteiger partial charge in [0.25, 0.3) is 5.91 Å². The average Bonchev–Trinajstić information content (AvgIpc) is 2.86. The zero-order valence-corrected chi connectivity index (χ0v) is 13.7. The Morgan fingerprint density at radius 2 is 1.96 bits per heavy atom. The summed E-state index contributed by atoms with van der Waals surface area (Å²) in [5.74, 6) is 0.477. The predicted octanol–water partition coefficient (Wildman–Crippen LogP) is 1.91. The van der Waals surface area contributed by atoms with Crippen LogP contribution in [0.5, 0.6) is 5.75 Å². The van der Waals surface area contributed by atoms with Crippen molar-refractivity contribution in [2.24, 2.45) is 0 Å². The molecule has 1 heterocycles. The second-order valence-corrected chi connectivity index (χ2v) is 8.11. The fraction of sp³-hybridized carbons (Fsp3) is 0.353. The Morgan fingerprint density at radius 1 is 1.22 bits per heavy atom. The van der Waals surface area contributed by atoms with Crippen LogP contribution in [0.3, 0.4) is 0 Å². The van der Waals surface area contributed by atoms with Crippen molar-refractivity contribution >= 4 is 26.5 Å². The molecule has 0 aromatic heterocycles. The number of sulfone groups is 1. The number of amides is 1. The third kappa shape index (κ3) is 3.82. The highest BCUT2D eigenvalue weighted by atomic mass is 32.2. The summed E-state index contributed by atoms with van der Waals surface area (Å²) in [7, 11) is -3.01. The third-order valence-corrected chi connectivity index (χ3v) is 5.75. The SMILES string of the molecule is C[C@@H](Oc1ccc2ccccc2c1)C(=O)N[C@@H]1CCS(=O)(=O)C1. The van der Waals surface area contributed by atoms with Crippen molar-refractivity contribution in [3.05, 3.63) is 42.5 Å². The van der Waals surface area contributed by atoms with Crippen molar-refractivity contribution in [3.63, 3.8) is 0 Å². The summed E-state index contributed by atoms with van der Waals surface area (Å²) in [5, 5.41) is 4.89. The summed E-state index contributed by atoms with van der Waals surface area (Å²) >= 11 is 0. The lowest BCUT2D eigenvalue weighted by Crippen LogP contribution is -2.43. The van der Waals surface area contributed by atoms with Gasteiger partial charge in [0, 0.05) is 6.04 Å². The lowest BCUT2D eigenvalue weighted by Gasteiger charge is -2.17. The van der Waals surface area contributed by atoms with E-state index in [1.165, 1.54) is 0 Å². The maximum atomic E-state index is 12.1. The molecule has 0 spiro atoms. The van der Waals surface area contributed by atoms with E-state index in [1.807, 2.05) is 42.5 Å². The van der Waals surface area contributed by atoms with Crippen LogP contribution in [0.1, 0.15) is 13.3 Å². The molecule has 1 fully saturated rings. The van der Waals surface area contributed by atoms with Crippen molar-refractivity contribution in [2.75, 3.05) is 11.5 Å². The number of hydrogen-bond donors (Lipinski definition) is 1. The van der Waals surface area contributed by atoms with Crippen molar-refractivity contribution in [2.45, 2.75) is 25.5 Å². The van der Waals surface area contributed by atoms with Crippen LogP contribution in [-0.4, -0.2) is 38.0 Å². The molecule has 3 rings (SSSR count). The third-order valence-electron chi connectivity index (χ3n) is 3.98. The Kier molecular flexibility index (Phi) is 4.26. The second-order valence-electron chi connectivity index (χ2n) is 5.88. The van der Waals surface area contributed by atoms with Gasteiger partial charge in [-0.05, 0) is 36.2 Å². The number of nitrogens with one attached hydrogen (secondary N) is 1. The molecule has 1 aliphatic heterocycles. The van der Waals surface area contributed by atoms with Crippen LogP contribution < -0.4 is 10.1 Å². The van der Waals surface area contributed by atoms with Gasteiger partial charge in [0.15, 0.2) is 15.9 Å². The van der Waals surface area contributed by atoms with Crippen LogP contribution in [0.15, 0.2) is 42.5 Å². The van der Waals surface area contributed by atoms with Gasteiger partial charge >= 0.3 is 0 Å². The molecule has 122 valence electrons. The normalized spacial score (nSPS) is 21.0. The maximum Gasteiger partial charge on any atom is 0.261 e. The Hall–Kier alpha value is -2.08. The van der Waals surface area contributed by atoms with Crippen molar-refractivity contribution in [1.82, 2.24) is 5.32 Å². The fourth-order valence-corrected chi connectivity index (χ4v) is 4.40. The van der Waals surface area contributed by atoms with Crippen molar-refractivity contribution in [1.29, 1.82) is 0 Å². The van der Waals surface area contributed by atoms with Crippen LogP contribution in [0.2, 0.25) is 0 Å². The zero-order valence-electron chi connectivity index (χ0n) is 12.9. The van der Waals surface area contributed by atoms with Crippen LogP contribution >= 0.6 is 0 Å². The minimum Gasteiger partial charge on any atom is -0.481 e. The predicted molar refractivity (Wildman–Crippen MR) is 89.2 cm³/mol. The minimum atomic E-state index is -3.01. The highest BCUT2D eigenvalue weighted by Crippen LogP contribution is 2.21.